The van der Waals surface area contributed by atoms with Gasteiger partial charge in [-0.15, -0.1) is 0 Å². The highest BCUT2D eigenvalue weighted by molar-refractivity contribution is 7.74. The molecule has 5 rings (SSSR count). The van der Waals surface area contributed by atoms with E-state index in [9.17, 15) is 18.0 Å². The lowest BCUT2D eigenvalue weighted by Gasteiger charge is -2.38. The van der Waals surface area contributed by atoms with Gasteiger partial charge < -0.3 is 9.80 Å². The van der Waals surface area contributed by atoms with Gasteiger partial charge in [0.05, 0.1) is 27.3 Å². The predicted molar refractivity (Wildman–Crippen MR) is 145 cm³/mol. The van der Waals surface area contributed by atoms with Gasteiger partial charge in [0.25, 0.3) is 5.56 Å². The minimum absolute atomic E-state index is 0.141. The number of benzene rings is 2. The Kier molecular flexibility index (Phi) is 7.19. The van der Waals surface area contributed by atoms with Crippen LogP contribution in [0.4, 0.5) is 5.69 Å². The van der Waals surface area contributed by atoms with E-state index in [4.69, 9.17) is 23.2 Å². The highest BCUT2D eigenvalue weighted by atomic mass is 35.5. The maximum atomic E-state index is 13.3. The number of halogens is 2. The second kappa shape index (κ2) is 10.2. The first kappa shape index (κ1) is 26.0. The molecule has 0 N–H and O–H groups in total. The number of anilines is 1. The summed E-state index contributed by atoms with van der Waals surface area (Å²) in [4.78, 5) is 35.6. The highest BCUT2D eigenvalue weighted by Gasteiger charge is 2.52. The monoisotopic (exact) mass is 563 g/mol. The second-order valence-electron chi connectivity index (χ2n) is 9.59. The summed E-state index contributed by atoms with van der Waals surface area (Å²) in [7, 11) is -0.809. The number of carbonyl (C=O) groups excluding carboxylic acids is 1. The fraction of sp³-hybridized carbons (Fsp3) is 0.400. The number of aromatic nitrogens is 2. The Hall–Kier alpha value is -2.66. The zero-order valence-corrected chi connectivity index (χ0v) is 22.7. The zero-order valence-electron chi connectivity index (χ0n) is 20.3. The molecule has 1 saturated carbocycles. The van der Waals surface area contributed by atoms with Gasteiger partial charge in [-0.25, -0.2) is 13.4 Å². The molecule has 1 aliphatic heterocycles. The zero-order chi connectivity index (χ0) is 26.3. The average Bonchev–Trinajstić information content (AvgIpc) is 3.70. The summed E-state index contributed by atoms with van der Waals surface area (Å²) < 4.78 is 24.7. The van der Waals surface area contributed by atoms with Crippen LogP contribution in [0.1, 0.15) is 18.4 Å². The molecule has 9 nitrogen and oxygen atoms in total. The van der Waals surface area contributed by atoms with Crippen LogP contribution < -0.4 is 10.5 Å². The predicted octanol–water partition coefficient (Wildman–Crippen LogP) is 2.59. The molecule has 37 heavy (non-hydrogen) atoms. The number of amides is 1. The van der Waals surface area contributed by atoms with E-state index in [-0.39, 0.29) is 18.0 Å². The molecule has 12 heteroatoms. The van der Waals surface area contributed by atoms with E-state index in [2.05, 4.69) is 14.8 Å². The van der Waals surface area contributed by atoms with Crippen LogP contribution >= 0.6 is 23.2 Å². The molecular weight excluding hydrogens is 537 g/mol. The number of fused-ring (bicyclic) bond motifs is 1. The third-order valence-electron chi connectivity index (χ3n) is 7.21. The molecular formula is C25H27Cl2N5O4S. The maximum absolute atomic E-state index is 13.3. The fourth-order valence-corrected chi connectivity index (χ4v) is 6.06. The first-order valence-corrected chi connectivity index (χ1v) is 13.9. The van der Waals surface area contributed by atoms with Gasteiger partial charge in [0.1, 0.15) is 11.4 Å². The number of thiol groups is 1. The van der Waals surface area contributed by atoms with Crippen LogP contribution in [0.25, 0.3) is 10.9 Å². The van der Waals surface area contributed by atoms with Gasteiger partial charge in [-0.2, -0.15) is 0 Å². The van der Waals surface area contributed by atoms with E-state index in [1.54, 1.807) is 31.3 Å². The summed E-state index contributed by atoms with van der Waals surface area (Å²) in [5.74, 6) is -0.243. The second-order valence-corrected chi connectivity index (χ2v) is 11.8. The molecule has 1 aromatic heterocycles. The van der Waals surface area contributed by atoms with Crippen molar-refractivity contribution in [1.29, 1.82) is 0 Å². The van der Waals surface area contributed by atoms with Crippen LogP contribution in [0.15, 0.2) is 47.5 Å². The summed E-state index contributed by atoms with van der Waals surface area (Å²) in [5.41, 5.74) is 1.97. The van der Waals surface area contributed by atoms with Gasteiger partial charge in [-0.1, -0.05) is 29.3 Å². The van der Waals surface area contributed by atoms with Crippen LogP contribution in [0, 0.1) is 0 Å². The molecule has 0 spiro atoms. The normalized spacial score (nSPS) is 17.4. The topological polar surface area (TPSA) is 95.8 Å². The molecule has 0 radical (unpaired) electrons. The summed E-state index contributed by atoms with van der Waals surface area (Å²) in [6.45, 7) is 2.82. The highest BCUT2D eigenvalue weighted by Crippen LogP contribution is 2.43. The van der Waals surface area contributed by atoms with Gasteiger partial charge in [-0.05, 0) is 48.7 Å². The number of hydrogen-bond donors (Lipinski definition) is 1. The quantitative estimate of drug-likeness (QED) is 0.441. The maximum Gasteiger partial charge on any atom is 0.261 e. The number of piperazine rings is 1. The Morgan fingerprint density at radius 3 is 2.43 bits per heavy atom. The fourth-order valence-electron chi connectivity index (χ4n) is 4.83. The van der Waals surface area contributed by atoms with Crippen molar-refractivity contribution in [1.82, 2.24) is 19.4 Å². The molecule has 0 atom stereocenters. The number of nitrogens with zero attached hydrogens (tertiary/aromatic N) is 5. The Bertz CT molecular complexity index is 1490. The van der Waals surface area contributed by atoms with Crippen molar-refractivity contribution < 1.29 is 13.2 Å². The molecule has 196 valence electrons. The van der Waals surface area contributed by atoms with Crippen molar-refractivity contribution >= 4 is 56.4 Å². The average molecular weight is 564 g/mol. The Morgan fingerprint density at radius 1 is 1.05 bits per heavy atom. The first-order chi connectivity index (χ1) is 17.7. The van der Waals surface area contributed by atoms with Crippen molar-refractivity contribution in [3.8, 4) is 0 Å². The molecule has 2 aromatic carbocycles. The third kappa shape index (κ3) is 5.20. The Labute approximate surface area is 226 Å². The standard InChI is InChI=1S/C25H27Cl2N5O4S/c1-29(14-17-2-4-20(26)21(27)12-17)23(33)15-31-16-28-22-5-3-18(13-19(22)24(31)34)30-8-10-32(11-9-30)25(6-7-25)37(35)36/h2-5,12-13,16,37H,6-11,14-15H2,1H3. The number of hydrogen-bond acceptors (Lipinski definition) is 7. The van der Waals surface area contributed by atoms with Crippen molar-refractivity contribution in [3.63, 3.8) is 0 Å². The lowest BCUT2D eigenvalue weighted by atomic mass is 10.2. The van der Waals surface area contributed by atoms with Gasteiger partial charge in [0.15, 0.2) is 10.7 Å². The summed E-state index contributed by atoms with van der Waals surface area (Å²) in [6, 6.07) is 10.7. The van der Waals surface area contributed by atoms with Crippen molar-refractivity contribution in [2.45, 2.75) is 30.8 Å². The van der Waals surface area contributed by atoms with Gasteiger partial charge in [-0.3, -0.25) is 19.1 Å². The van der Waals surface area contributed by atoms with Crippen LogP contribution in [0.5, 0.6) is 0 Å². The van der Waals surface area contributed by atoms with E-state index in [0.717, 1.165) is 11.3 Å². The summed E-state index contributed by atoms with van der Waals surface area (Å²) in [6.07, 6.45) is 2.80. The number of likely N-dealkylation sites (N-methyl/N-ethyl adjacent to an activating group) is 1. The van der Waals surface area contributed by atoms with E-state index < -0.39 is 15.6 Å². The van der Waals surface area contributed by atoms with Crippen molar-refractivity contribution in [2.24, 2.45) is 0 Å². The molecule has 2 aliphatic rings. The van der Waals surface area contributed by atoms with Crippen LogP contribution in [0.3, 0.4) is 0 Å². The molecule has 1 aliphatic carbocycles. The van der Waals surface area contributed by atoms with E-state index in [1.165, 1.54) is 15.8 Å². The lowest BCUT2D eigenvalue weighted by molar-refractivity contribution is -0.131. The molecule has 3 aromatic rings. The van der Waals surface area contributed by atoms with Crippen molar-refractivity contribution in [3.05, 3.63) is 68.7 Å². The van der Waals surface area contributed by atoms with E-state index in [1.807, 2.05) is 12.1 Å². The SMILES string of the molecule is CN(Cc1ccc(Cl)c(Cl)c1)C(=O)Cn1cnc2ccc(N3CCN(C4([SH](=O)=O)CC4)CC3)cc2c1=O. The largest absolute Gasteiger partial charge is 0.369 e. The summed E-state index contributed by atoms with van der Waals surface area (Å²) in [5, 5.41) is 1.30. The summed E-state index contributed by atoms with van der Waals surface area (Å²) >= 11 is 12.0. The van der Waals surface area contributed by atoms with Crippen LogP contribution in [-0.2, 0) is 28.6 Å². The van der Waals surface area contributed by atoms with Crippen LogP contribution in [0.2, 0.25) is 10.0 Å². The van der Waals surface area contributed by atoms with E-state index >= 15 is 0 Å². The molecule has 1 amide bonds. The molecule has 2 fully saturated rings. The lowest BCUT2D eigenvalue weighted by Crippen LogP contribution is -2.52. The third-order valence-corrected chi connectivity index (χ3v) is 9.36. The Morgan fingerprint density at radius 2 is 1.78 bits per heavy atom. The van der Waals surface area contributed by atoms with E-state index in [0.29, 0.717) is 66.5 Å². The molecule has 1 saturated heterocycles. The van der Waals surface area contributed by atoms with Crippen molar-refractivity contribution in [2.75, 3.05) is 38.1 Å². The minimum Gasteiger partial charge on any atom is -0.369 e. The van der Waals surface area contributed by atoms with Gasteiger partial charge in [0, 0.05) is 45.5 Å². The van der Waals surface area contributed by atoms with Crippen LogP contribution in [-0.4, -0.2) is 71.8 Å². The number of rotatable bonds is 7. The van der Waals surface area contributed by atoms with Gasteiger partial charge in [0.2, 0.25) is 5.91 Å². The molecule has 2 heterocycles. The molecule has 0 bridgehead atoms. The minimum atomic E-state index is -2.47. The first-order valence-electron chi connectivity index (χ1n) is 12.0. The smallest absolute Gasteiger partial charge is 0.261 e. The number of carbonyl (C=O) groups is 1. The molecule has 0 unspecified atom stereocenters. The van der Waals surface area contributed by atoms with Gasteiger partial charge >= 0.3 is 0 Å². The Balaban J connectivity index is 1.29.